The van der Waals surface area contributed by atoms with E-state index >= 15 is 0 Å². The average Bonchev–Trinajstić information content (AvgIpc) is 2.80. The van der Waals surface area contributed by atoms with Gasteiger partial charge in [0.05, 0.1) is 0 Å². The summed E-state index contributed by atoms with van der Waals surface area (Å²) in [6.45, 7) is 3.05. The lowest BCUT2D eigenvalue weighted by molar-refractivity contribution is 0.379. The summed E-state index contributed by atoms with van der Waals surface area (Å²) in [7, 11) is 0. The molecule has 0 aromatic carbocycles. The molecular weight excluding hydrogens is 258 g/mol. The van der Waals surface area contributed by atoms with Crippen molar-refractivity contribution in [2.75, 3.05) is 18.1 Å². The maximum Gasteiger partial charge on any atom is 0.178 e. The first kappa shape index (κ1) is 12.7. The van der Waals surface area contributed by atoms with E-state index < -0.39 is 0 Å². The Morgan fingerprint density at radius 3 is 2.84 bits per heavy atom. The molecule has 3 rings (SSSR count). The van der Waals surface area contributed by atoms with Gasteiger partial charge in [0.1, 0.15) is 5.82 Å². The van der Waals surface area contributed by atoms with E-state index in [0.717, 1.165) is 30.3 Å². The number of nitrogens with zero attached hydrogens (tertiary/aromatic N) is 4. The monoisotopic (exact) mass is 277 g/mol. The second-order valence-electron chi connectivity index (χ2n) is 5.05. The molecule has 0 unspecified atom stereocenters. The van der Waals surface area contributed by atoms with Gasteiger partial charge < -0.3 is 5.32 Å². The molecule has 1 N–H and O–H groups in total. The Kier molecular flexibility index (Phi) is 3.35. The topological polar surface area (TPSA) is 55.1 Å². The Morgan fingerprint density at radius 1 is 1.37 bits per heavy atom. The van der Waals surface area contributed by atoms with Crippen molar-refractivity contribution in [3.63, 3.8) is 0 Å². The van der Waals surface area contributed by atoms with E-state index in [1.54, 1.807) is 0 Å². The van der Waals surface area contributed by atoms with E-state index in [9.17, 15) is 0 Å². The minimum Gasteiger partial charge on any atom is -0.367 e. The average molecular weight is 277 g/mol. The number of fused-ring (bicyclic) bond motifs is 1. The third-order valence-corrected chi connectivity index (χ3v) is 5.35. The van der Waals surface area contributed by atoms with Crippen molar-refractivity contribution in [1.82, 2.24) is 19.8 Å². The molecule has 0 spiro atoms. The fraction of sp³-hybridized carbons (Fsp3) is 0.615. The van der Waals surface area contributed by atoms with Crippen molar-refractivity contribution < 1.29 is 0 Å². The molecule has 1 fully saturated rings. The Balaban J connectivity index is 1.77. The van der Waals surface area contributed by atoms with Gasteiger partial charge in [-0.2, -0.15) is 16.3 Å². The van der Waals surface area contributed by atoms with Gasteiger partial charge in [0.25, 0.3) is 0 Å². The standard InChI is InChI=1S/C13H19N5S/c1-3-11-15-16-12-6-5-10(17-18(11)12)14-9-13(19-2)7-4-8-13/h5-6H,3-4,7-9H2,1-2H3,(H,14,17). The molecule has 19 heavy (non-hydrogen) atoms. The maximum absolute atomic E-state index is 4.57. The van der Waals surface area contributed by atoms with Gasteiger partial charge in [0.2, 0.25) is 0 Å². The molecule has 0 radical (unpaired) electrons. The fourth-order valence-corrected chi connectivity index (χ4v) is 3.34. The summed E-state index contributed by atoms with van der Waals surface area (Å²) in [6.07, 6.45) is 6.99. The van der Waals surface area contributed by atoms with E-state index in [-0.39, 0.29) is 0 Å². The van der Waals surface area contributed by atoms with Crippen LogP contribution in [-0.2, 0) is 6.42 Å². The minimum absolute atomic E-state index is 0.414. The molecular formula is C13H19N5S. The third-order valence-electron chi connectivity index (χ3n) is 3.93. The largest absolute Gasteiger partial charge is 0.367 e. The second-order valence-corrected chi connectivity index (χ2v) is 6.33. The molecule has 1 aliphatic carbocycles. The first-order valence-corrected chi connectivity index (χ1v) is 7.99. The van der Waals surface area contributed by atoms with Crippen LogP contribution in [0.5, 0.6) is 0 Å². The van der Waals surface area contributed by atoms with Crippen LogP contribution in [0, 0.1) is 0 Å². The Labute approximate surface area is 117 Å². The number of aryl methyl sites for hydroxylation is 1. The Hall–Kier alpha value is -1.30. The van der Waals surface area contributed by atoms with Crippen molar-refractivity contribution in [1.29, 1.82) is 0 Å². The molecule has 1 aliphatic rings. The number of thioether (sulfide) groups is 1. The number of nitrogens with one attached hydrogen (secondary N) is 1. The van der Waals surface area contributed by atoms with Crippen molar-refractivity contribution in [3.8, 4) is 0 Å². The maximum atomic E-state index is 4.57. The van der Waals surface area contributed by atoms with E-state index in [1.165, 1.54) is 19.3 Å². The van der Waals surface area contributed by atoms with Crippen molar-refractivity contribution >= 4 is 23.2 Å². The molecule has 0 atom stereocenters. The quantitative estimate of drug-likeness (QED) is 0.909. The van der Waals surface area contributed by atoms with Crippen LogP contribution in [0.3, 0.4) is 0 Å². The predicted molar refractivity (Wildman–Crippen MR) is 78.7 cm³/mol. The van der Waals surface area contributed by atoms with Crippen LogP contribution in [-0.4, -0.2) is 37.4 Å². The molecule has 2 aromatic heterocycles. The molecule has 1 saturated carbocycles. The highest BCUT2D eigenvalue weighted by Crippen LogP contribution is 2.42. The van der Waals surface area contributed by atoms with Gasteiger partial charge in [-0.05, 0) is 31.2 Å². The minimum atomic E-state index is 0.414. The van der Waals surface area contributed by atoms with Crippen LogP contribution in [0.25, 0.3) is 5.65 Å². The summed E-state index contributed by atoms with van der Waals surface area (Å²) in [4.78, 5) is 0. The zero-order valence-corrected chi connectivity index (χ0v) is 12.2. The summed E-state index contributed by atoms with van der Waals surface area (Å²) in [6, 6.07) is 3.95. The van der Waals surface area contributed by atoms with Crippen LogP contribution in [0.1, 0.15) is 32.0 Å². The first-order valence-electron chi connectivity index (χ1n) is 6.77. The summed E-state index contributed by atoms with van der Waals surface area (Å²) < 4.78 is 2.24. The van der Waals surface area contributed by atoms with Gasteiger partial charge >= 0.3 is 0 Å². The molecule has 6 heteroatoms. The van der Waals surface area contributed by atoms with Gasteiger partial charge in [0.15, 0.2) is 11.5 Å². The molecule has 0 saturated heterocycles. The Bertz CT molecular complexity index is 570. The number of hydrogen-bond acceptors (Lipinski definition) is 5. The normalized spacial score (nSPS) is 17.4. The molecule has 0 amide bonds. The number of rotatable bonds is 5. The van der Waals surface area contributed by atoms with Crippen LogP contribution in [0.4, 0.5) is 5.82 Å². The summed E-state index contributed by atoms with van der Waals surface area (Å²) in [5.41, 5.74) is 0.811. The first-order chi connectivity index (χ1) is 9.26. The zero-order valence-electron chi connectivity index (χ0n) is 11.4. The summed E-state index contributed by atoms with van der Waals surface area (Å²) in [5, 5.41) is 16.3. The van der Waals surface area contributed by atoms with Gasteiger partial charge in [-0.1, -0.05) is 13.3 Å². The van der Waals surface area contributed by atoms with E-state index in [1.807, 2.05) is 28.4 Å². The number of hydrogen-bond donors (Lipinski definition) is 1. The molecule has 0 bridgehead atoms. The van der Waals surface area contributed by atoms with Crippen LogP contribution < -0.4 is 5.32 Å². The zero-order chi connectivity index (χ0) is 13.3. The fourth-order valence-electron chi connectivity index (χ4n) is 2.42. The van der Waals surface area contributed by atoms with Crippen LogP contribution in [0.2, 0.25) is 0 Å². The third kappa shape index (κ3) is 2.29. The van der Waals surface area contributed by atoms with Crippen molar-refractivity contribution in [2.45, 2.75) is 37.4 Å². The van der Waals surface area contributed by atoms with Crippen molar-refractivity contribution in [3.05, 3.63) is 18.0 Å². The van der Waals surface area contributed by atoms with E-state index in [2.05, 4.69) is 33.8 Å². The molecule has 102 valence electrons. The highest BCUT2D eigenvalue weighted by atomic mass is 32.2. The molecule has 2 aromatic rings. The van der Waals surface area contributed by atoms with Crippen molar-refractivity contribution in [2.24, 2.45) is 0 Å². The highest BCUT2D eigenvalue weighted by Gasteiger charge is 2.35. The molecule has 5 nitrogen and oxygen atoms in total. The van der Waals surface area contributed by atoms with Gasteiger partial charge in [-0.15, -0.1) is 15.3 Å². The molecule has 0 aliphatic heterocycles. The lowest BCUT2D eigenvalue weighted by atomic mass is 9.84. The van der Waals surface area contributed by atoms with Gasteiger partial charge in [0, 0.05) is 17.7 Å². The Morgan fingerprint density at radius 2 is 2.21 bits per heavy atom. The second kappa shape index (κ2) is 5.00. The number of aromatic nitrogens is 4. The summed E-state index contributed by atoms with van der Waals surface area (Å²) >= 11 is 1.97. The van der Waals surface area contributed by atoms with Gasteiger partial charge in [-0.3, -0.25) is 0 Å². The number of anilines is 1. The van der Waals surface area contributed by atoms with E-state index in [4.69, 9.17) is 0 Å². The lowest BCUT2D eigenvalue weighted by Gasteiger charge is -2.40. The highest BCUT2D eigenvalue weighted by molar-refractivity contribution is 8.00. The lowest BCUT2D eigenvalue weighted by Crippen LogP contribution is -2.40. The predicted octanol–water partition coefficient (Wildman–Crippen LogP) is 2.38. The SMILES string of the molecule is CCc1nnc2ccc(NCC3(SC)CCC3)nn12. The van der Waals surface area contributed by atoms with Crippen LogP contribution >= 0.6 is 11.8 Å². The van der Waals surface area contributed by atoms with E-state index in [0.29, 0.717) is 4.75 Å². The molecule has 2 heterocycles. The smallest absolute Gasteiger partial charge is 0.178 e. The van der Waals surface area contributed by atoms with Gasteiger partial charge in [-0.25, -0.2) is 0 Å². The van der Waals surface area contributed by atoms with Crippen LogP contribution in [0.15, 0.2) is 12.1 Å². The summed E-state index contributed by atoms with van der Waals surface area (Å²) in [5.74, 6) is 1.81.